The Balaban J connectivity index is 2.48. The predicted molar refractivity (Wildman–Crippen MR) is 63.5 cm³/mol. The van der Waals surface area contributed by atoms with Gasteiger partial charge in [-0.05, 0) is 31.0 Å². The van der Waals surface area contributed by atoms with Crippen LogP contribution in [0.25, 0.3) is 0 Å². The minimum atomic E-state index is 0.0795. The van der Waals surface area contributed by atoms with Crippen LogP contribution in [0.1, 0.15) is 52.4 Å². The fourth-order valence-corrected chi connectivity index (χ4v) is 1.97. The van der Waals surface area contributed by atoms with Crippen LogP contribution in [0.4, 0.5) is 0 Å². The summed E-state index contributed by atoms with van der Waals surface area (Å²) in [5.74, 6) is 1.67. The average molecular weight is 225 g/mol. The third-order valence-electron chi connectivity index (χ3n) is 3.64. The van der Waals surface area contributed by atoms with E-state index in [0.29, 0.717) is 12.0 Å². The molecule has 0 amide bonds. The van der Waals surface area contributed by atoms with Crippen LogP contribution in [-0.4, -0.2) is 14.8 Å². The van der Waals surface area contributed by atoms with Crippen molar-refractivity contribution in [1.29, 1.82) is 0 Å². The van der Waals surface area contributed by atoms with Crippen LogP contribution < -0.4 is 0 Å². The van der Waals surface area contributed by atoms with E-state index in [1.807, 2.05) is 0 Å². The Kier molecular flexibility index (Phi) is 2.49. The number of nitrogens with zero attached hydrogens (tertiary/aromatic N) is 2. The molecule has 1 N–H and O–H groups in total. The van der Waals surface area contributed by atoms with Gasteiger partial charge in [-0.25, -0.2) is 0 Å². The number of hydrogen-bond donors (Lipinski definition) is 1. The summed E-state index contributed by atoms with van der Waals surface area (Å²) in [4.78, 5) is 0. The van der Waals surface area contributed by atoms with E-state index in [0.717, 1.165) is 10.6 Å². The first-order valence-electron chi connectivity index (χ1n) is 5.62. The van der Waals surface area contributed by atoms with Gasteiger partial charge in [-0.1, -0.05) is 27.7 Å². The number of aromatic nitrogens is 3. The average Bonchev–Trinajstić information content (AvgIpc) is 2.89. The van der Waals surface area contributed by atoms with E-state index in [4.69, 9.17) is 12.2 Å². The monoisotopic (exact) mass is 225 g/mol. The van der Waals surface area contributed by atoms with E-state index in [-0.39, 0.29) is 5.41 Å². The number of rotatable bonds is 3. The van der Waals surface area contributed by atoms with E-state index >= 15 is 0 Å². The molecule has 1 fully saturated rings. The number of H-pyrrole nitrogens is 1. The summed E-state index contributed by atoms with van der Waals surface area (Å²) >= 11 is 5.29. The smallest absolute Gasteiger partial charge is 0.195 e. The van der Waals surface area contributed by atoms with Crippen molar-refractivity contribution in [3.05, 3.63) is 10.6 Å². The molecule has 1 aliphatic carbocycles. The summed E-state index contributed by atoms with van der Waals surface area (Å²) in [5, 5.41) is 7.35. The lowest BCUT2D eigenvalue weighted by Gasteiger charge is -2.28. The quantitative estimate of drug-likeness (QED) is 0.801. The van der Waals surface area contributed by atoms with Gasteiger partial charge in [0.2, 0.25) is 0 Å². The summed E-state index contributed by atoms with van der Waals surface area (Å²) in [7, 11) is 0. The Morgan fingerprint density at radius 1 is 1.47 bits per heavy atom. The largest absolute Gasteiger partial charge is 0.301 e. The maximum atomic E-state index is 5.29. The van der Waals surface area contributed by atoms with Crippen LogP contribution in [0, 0.1) is 10.7 Å². The Hall–Kier alpha value is -0.640. The fraction of sp³-hybridized carbons (Fsp3) is 0.818. The first-order chi connectivity index (χ1) is 6.94. The lowest BCUT2D eigenvalue weighted by Crippen LogP contribution is -2.28. The third-order valence-corrected chi connectivity index (χ3v) is 3.92. The maximum absolute atomic E-state index is 5.29. The van der Waals surface area contributed by atoms with E-state index in [1.54, 1.807) is 0 Å². The Bertz CT molecular complexity index is 410. The number of aromatic amines is 1. The highest BCUT2D eigenvalue weighted by molar-refractivity contribution is 7.71. The highest BCUT2D eigenvalue weighted by Crippen LogP contribution is 2.40. The maximum Gasteiger partial charge on any atom is 0.195 e. The van der Waals surface area contributed by atoms with Crippen LogP contribution in [0.3, 0.4) is 0 Å². The molecule has 0 radical (unpaired) electrons. The number of hydrogen-bond acceptors (Lipinski definition) is 2. The lowest BCUT2D eigenvalue weighted by molar-refractivity contribution is 0.336. The van der Waals surface area contributed by atoms with Crippen molar-refractivity contribution in [3.63, 3.8) is 0 Å². The fourth-order valence-electron chi connectivity index (χ4n) is 1.69. The molecule has 0 atom stereocenters. The molecule has 0 unspecified atom stereocenters. The topological polar surface area (TPSA) is 33.6 Å². The van der Waals surface area contributed by atoms with Crippen molar-refractivity contribution in [3.8, 4) is 0 Å². The number of nitrogens with one attached hydrogen (secondary N) is 1. The van der Waals surface area contributed by atoms with Gasteiger partial charge < -0.3 is 4.57 Å². The molecule has 1 saturated carbocycles. The molecule has 3 nitrogen and oxygen atoms in total. The van der Waals surface area contributed by atoms with Gasteiger partial charge in [0.15, 0.2) is 4.77 Å². The molecule has 15 heavy (non-hydrogen) atoms. The van der Waals surface area contributed by atoms with Crippen molar-refractivity contribution in [2.24, 2.45) is 5.92 Å². The summed E-state index contributed by atoms with van der Waals surface area (Å²) in [5.41, 5.74) is 0.0795. The Morgan fingerprint density at radius 3 is 2.53 bits per heavy atom. The summed E-state index contributed by atoms with van der Waals surface area (Å²) in [6, 6.07) is 0.601. The van der Waals surface area contributed by atoms with Crippen molar-refractivity contribution < 1.29 is 0 Å². The molecule has 84 valence electrons. The summed E-state index contributed by atoms with van der Waals surface area (Å²) in [6.45, 7) is 8.94. The highest BCUT2D eigenvalue weighted by Gasteiger charge is 2.35. The minimum Gasteiger partial charge on any atom is -0.301 e. The van der Waals surface area contributed by atoms with E-state index < -0.39 is 0 Å². The van der Waals surface area contributed by atoms with Gasteiger partial charge in [0.05, 0.1) is 0 Å². The third kappa shape index (κ3) is 1.75. The van der Waals surface area contributed by atoms with Crippen molar-refractivity contribution in [1.82, 2.24) is 14.8 Å². The Labute approximate surface area is 95.9 Å². The van der Waals surface area contributed by atoms with Crippen LogP contribution in [-0.2, 0) is 5.41 Å². The zero-order valence-corrected chi connectivity index (χ0v) is 10.7. The van der Waals surface area contributed by atoms with Gasteiger partial charge in [-0.3, -0.25) is 5.10 Å². The Morgan fingerprint density at radius 2 is 2.07 bits per heavy atom. The zero-order chi connectivity index (χ0) is 11.2. The molecule has 0 saturated heterocycles. The van der Waals surface area contributed by atoms with E-state index in [2.05, 4.69) is 42.5 Å². The second kappa shape index (κ2) is 3.44. The van der Waals surface area contributed by atoms with E-state index in [9.17, 15) is 0 Å². The SMILES string of the molecule is CC(C)C(C)(C)c1n[nH]c(=S)n1C1CC1. The molecular formula is C11H19N3S. The van der Waals surface area contributed by atoms with E-state index in [1.165, 1.54) is 12.8 Å². The minimum absolute atomic E-state index is 0.0795. The second-order valence-electron chi connectivity index (χ2n) is 5.33. The predicted octanol–water partition coefficient (Wildman–Crippen LogP) is 3.21. The van der Waals surface area contributed by atoms with Gasteiger partial charge >= 0.3 is 0 Å². The van der Waals surface area contributed by atoms with Gasteiger partial charge in [-0.2, -0.15) is 5.10 Å². The summed E-state index contributed by atoms with van der Waals surface area (Å²) in [6.07, 6.45) is 2.49. The standard InChI is InChI=1S/C11H19N3S/c1-7(2)11(3,4)9-12-13-10(15)14(9)8-5-6-8/h7-8H,5-6H2,1-4H3,(H,13,15). The molecule has 1 aromatic heterocycles. The van der Waals surface area contributed by atoms with Gasteiger partial charge in [0, 0.05) is 11.5 Å². The second-order valence-corrected chi connectivity index (χ2v) is 5.72. The molecule has 0 bridgehead atoms. The van der Waals surface area contributed by atoms with Crippen molar-refractivity contribution in [2.75, 3.05) is 0 Å². The normalized spacial score (nSPS) is 17.4. The first kappa shape index (κ1) is 10.9. The molecule has 1 aliphatic rings. The lowest BCUT2D eigenvalue weighted by atomic mass is 9.80. The zero-order valence-electron chi connectivity index (χ0n) is 9.87. The molecule has 4 heteroatoms. The molecule has 2 rings (SSSR count). The molecule has 1 heterocycles. The van der Waals surface area contributed by atoms with Crippen LogP contribution >= 0.6 is 12.2 Å². The van der Waals surface area contributed by atoms with Crippen molar-refractivity contribution >= 4 is 12.2 Å². The first-order valence-corrected chi connectivity index (χ1v) is 6.02. The van der Waals surface area contributed by atoms with Crippen LogP contribution in [0.2, 0.25) is 0 Å². The molecular weight excluding hydrogens is 206 g/mol. The van der Waals surface area contributed by atoms with Crippen LogP contribution in [0.5, 0.6) is 0 Å². The van der Waals surface area contributed by atoms with Crippen LogP contribution in [0.15, 0.2) is 0 Å². The molecule has 1 aromatic rings. The van der Waals surface area contributed by atoms with Gasteiger partial charge in [0.1, 0.15) is 5.82 Å². The summed E-state index contributed by atoms with van der Waals surface area (Å²) < 4.78 is 3.00. The van der Waals surface area contributed by atoms with Gasteiger partial charge in [0.25, 0.3) is 0 Å². The van der Waals surface area contributed by atoms with Gasteiger partial charge in [-0.15, -0.1) is 0 Å². The highest BCUT2D eigenvalue weighted by atomic mass is 32.1. The molecule has 0 aliphatic heterocycles. The molecule has 0 spiro atoms. The van der Waals surface area contributed by atoms with Crippen molar-refractivity contribution in [2.45, 2.75) is 52.0 Å². The molecule has 0 aromatic carbocycles.